The third kappa shape index (κ3) is 6.28. The van der Waals surface area contributed by atoms with Crippen molar-refractivity contribution >= 4 is 43.6 Å². The van der Waals surface area contributed by atoms with E-state index >= 15 is 0 Å². The second kappa shape index (κ2) is 14.2. The summed E-state index contributed by atoms with van der Waals surface area (Å²) in [6.07, 6.45) is -5.71. The Morgan fingerprint density at radius 2 is 1.05 bits per heavy atom. The van der Waals surface area contributed by atoms with Crippen LogP contribution in [0.3, 0.4) is 0 Å². The highest BCUT2D eigenvalue weighted by Crippen LogP contribution is 2.44. The molecule has 302 valence electrons. The zero-order valence-corrected chi connectivity index (χ0v) is 33.1. The molecule has 0 bridgehead atoms. The van der Waals surface area contributed by atoms with Crippen molar-refractivity contribution in [2.24, 2.45) is 0 Å². The molecule has 0 fully saturated rings. The lowest BCUT2D eigenvalue weighted by atomic mass is 9.96. The molecule has 4 nitrogen and oxygen atoms in total. The molecule has 10 rings (SSSR count). The largest absolute Gasteiger partial charge is 0.417 e. The lowest BCUT2D eigenvalue weighted by Gasteiger charge is -2.19. The highest BCUT2D eigenvalue weighted by atomic mass is 19.4. The number of pyridine rings is 1. The fraction of sp³-hybridized carbons (Fsp3) is 0.0769. The van der Waals surface area contributed by atoms with Gasteiger partial charge in [-0.2, -0.15) is 31.6 Å². The standard InChI is InChI=1S/C52H32F6N4/c1-30-11-15-38(44(23-30)52(56,57)58)34-13-17-42-40-8-4-6-10-46(40)62(49(42)26-34)50-27-35(29-59)47(28-43(50)32-19-21-60-22-20-32)61-45-9-5-3-7-39(45)41-16-12-33(25-48(41)61)37-18-14-36(24-31(37)2)51(53,54)55/h3-28H,1-2H3. The van der Waals surface area contributed by atoms with E-state index < -0.39 is 23.5 Å². The average molecular weight is 827 g/mol. The van der Waals surface area contributed by atoms with Gasteiger partial charge in [-0.3, -0.25) is 4.98 Å². The molecule has 3 aromatic heterocycles. The van der Waals surface area contributed by atoms with Crippen LogP contribution < -0.4 is 0 Å². The Morgan fingerprint density at radius 1 is 0.484 bits per heavy atom. The molecule has 3 heterocycles. The van der Waals surface area contributed by atoms with Crippen molar-refractivity contribution in [3.8, 4) is 50.8 Å². The fourth-order valence-corrected chi connectivity index (χ4v) is 8.90. The van der Waals surface area contributed by atoms with E-state index in [4.69, 9.17) is 0 Å². The molecule has 62 heavy (non-hydrogen) atoms. The van der Waals surface area contributed by atoms with Gasteiger partial charge in [0.2, 0.25) is 0 Å². The summed E-state index contributed by atoms with van der Waals surface area (Å²) >= 11 is 0. The van der Waals surface area contributed by atoms with Crippen molar-refractivity contribution in [2.75, 3.05) is 0 Å². The maximum absolute atomic E-state index is 14.5. The molecule has 0 atom stereocenters. The molecule has 0 aliphatic heterocycles. The number of hydrogen-bond donors (Lipinski definition) is 0. The Morgan fingerprint density at radius 3 is 1.63 bits per heavy atom. The van der Waals surface area contributed by atoms with Gasteiger partial charge in [0, 0.05) is 39.5 Å². The summed E-state index contributed by atoms with van der Waals surface area (Å²) in [5, 5.41) is 14.6. The van der Waals surface area contributed by atoms with E-state index in [2.05, 4.69) is 11.1 Å². The predicted octanol–water partition coefficient (Wildman–Crippen LogP) is 14.8. The zero-order valence-electron chi connectivity index (χ0n) is 33.1. The van der Waals surface area contributed by atoms with Crippen LogP contribution in [0.2, 0.25) is 0 Å². The summed E-state index contributed by atoms with van der Waals surface area (Å²) in [4.78, 5) is 4.28. The molecule has 7 aromatic carbocycles. The minimum Gasteiger partial charge on any atom is -0.309 e. The molecule has 0 aliphatic carbocycles. The van der Waals surface area contributed by atoms with E-state index in [9.17, 15) is 31.6 Å². The number of aryl methyl sites for hydroxylation is 2. The molecule has 0 spiro atoms. The lowest BCUT2D eigenvalue weighted by molar-refractivity contribution is -0.138. The van der Waals surface area contributed by atoms with Gasteiger partial charge in [-0.25, -0.2) is 0 Å². The van der Waals surface area contributed by atoms with Gasteiger partial charge in [0.15, 0.2) is 0 Å². The average Bonchev–Trinajstić information content (AvgIpc) is 3.77. The first kappa shape index (κ1) is 38.6. The number of nitrogens with zero attached hydrogens (tertiary/aromatic N) is 4. The molecule has 0 amide bonds. The van der Waals surface area contributed by atoms with Crippen LogP contribution in [0.25, 0.3) is 88.4 Å². The van der Waals surface area contributed by atoms with E-state index in [1.54, 1.807) is 44.4 Å². The molecular weight excluding hydrogens is 795 g/mol. The van der Waals surface area contributed by atoms with Crippen LogP contribution in [0.5, 0.6) is 0 Å². The van der Waals surface area contributed by atoms with Gasteiger partial charge in [-0.15, -0.1) is 0 Å². The summed E-state index contributed by atoms with van der Waals surface area (Å²) < 4.78 is 88.5. The molecule has 0 unspecified atom stereocenters. The quantitative estimate of drug-likeness (QED) is 0.162. The Hall–Kier alpha value is -7.64. The molecule has 0 aliphatic rings. The van der Waals surface area contributed by atoms with Crippen molar-refractivity contribution in [3.05, 3.63) is 186 Å². The van der Waals surface area contributed by atoms with Gasteiger partial charge in [0.05, 0.1) is 50.1 Å². The molecule has 0 N–H and O–H groups in total. The van der Waals surface area contributed by atoms with E-state index in [1.807, 2.05) is 106 Å². The Balaban J connectivity index is 1.26. The van der Waals surface area contributed by atoms with Crippen molar-refractivity contribution in [2.45, 2.75) is 26.2 Å². The first-order valence-corrected chi connectivity index (χ1v) is 19.7. The van der Waals surface area contributed by atoms with Crippen molar-refractivity contribution in [1.29, 1.82) is 5.26 Å². The highest BCUT2D eigenvalue weighted by molar-refractivity contribution is 6.12. The number of alkyl halides is 6. The second-order valence-electron chi connectivity index (χ2n) is 15.5. The van der Waals surface area contributed by atoms with Gasteiger partial charge in [-0.1, -0.05) is 84.4 Å². The van der Waals surface area contributed by atoms with E-state index in [1.165, 1.54) is 12.1 Å². The molecule has 0 saturated heterocycles. The van der Waals surface area contributed by atoms with Gasteiger partial charge < -0.3 is 9.13 Å². The van der Waals surface area contributed by atoms with Crippen molar-refractivity contribution < 1.29 is 26.3 Å². The predicted molar refractivity (Wildman–Crippen MR) is 233 cm³/mol. The Bertz CT molecular complexity index is 3480. The first-order chi connectivity index (χ1) is 29.8. The number of nitriles is 1. The van der Waals surface area contributed by atoms with E-state index in [0.717, 1.165) is 67.4 Å². The SMILES string of the molecule is Cc1ccc(-c2ccc3c4ccccc4n(-c4cc(C#N)c(-n5c6ccccc6c6ccc(-c7ccc(C(F)(F)F)cc7C)cc65)cc4-c4ccncc4)c3c2)c(C(F)(F)F)c1. The van der Waals surface area contributed by atoms with Crippen LogP contribution in [0.1, 0.15) is 27.8 Å². The number of aromatic nitrogens is 3. The molecular formula is C52H32F6N4. The molecule has 10 aromatic rings. The number of rotatable bonds is 5. The van der Waals surface area contributed by atoms with Gasteiger partial charge in [0.25, 0.3) is 0 Å². The number of benzene rings is 7. The summed E-state index contributed by atoms with van der Waals surface area (Å²) in [5.41, 5.74) is 7.32. The third-order valence-corrected chi connectivity index (χ3v) is 11.7. The summed E-state index contributed by atoms with van der Waals surface area (Å²) in [6.45, 7) is 3.29. The normalized spacial score (nSPS) is 12.2. The number of hydrogen-bond acceptors (Lipinski definition) is 2. The lowest BCUT2D eigenvalue weighted by Crippen LogP contribution is -2.07. The van der Waals surface area contributed by atoms with Crippen molar-refractivity contribution in [3.63, 3.8) is 0 Å². The summed E-state index contributed by atoms with van der Waals surface area (Å²) in [5.74, 6) is 0. The van der Waals surface area contributed by atoms with Crippen LogP contribution in [0, 0.1) is 25.2 Å². The van der Waals surface area contributed by atoms with E-state index in [-0.39, 0.29) is 5.56 Å². The smallest absolute Gasteiger partial charge is 0.309 e. The maximum Gasteiger partial charge on any atom is 0.417 e. The van der Waals surface area contributed by atoms with Crippen LogP contribution >= 0.6 is 0 Å². The minimum absolute atomic E-state index is 0.0569. The van der Waals surface area contributed by atoms with Crippen LogP contribution in [0.4, 0.5) is 26.3 Å². The van der Waals surface area contributed by atoms with Gasteiger partial charge in [-0.05, 0) is 114 Å². The monoisotopic (exact) mass is 826 g/mol. The Kier molecular flexibility index (Phi) is 8.85. The second-order valence-corrected chi connectivity index (χ2v) is 15.5. The highest BCUT2D eigenvalue weighted by Gasteiger charge is 2.34. The minimum atomic E-state index is -4.58. The third-order valence-electron chi connectivity index (χ3n) is 11.7. The zero-order chi connectivity index (χ0) is 43.1. The molecule has 10 heteroatoms. The van der Waals surface area contributed by atoms with Crippen molar-refractivity contribution in [1.82, 2.24) is 14.1 Å². The summed E-state index contributed by atoms with van der Waals surface area (Å²) in [6, 6.07) is 44.7. The number of fused-ring (bicyclic) bond motifs is 6. The summed E-state index contributed by atoms with van der Waals surface area (Å²) in [7, 11) is 0. The van der Waals surface area contributed by atoms with Gasteiger partial charge >= 0.3 is 12.4 Å². The topological polar surface area (TPSA) is 46.5 Å². The number of para-hydroxylation sites is 2. The van der Waals surface area contributed by atoms with Crippen LogP contribution in [0.15, 0.2) is 158 Å². The Labute approximate surface area is 351 Å². The fourth-order valence-electron chi connectivity index (χ4n) is 8.90. The first-order valence-electron chi connectivity index (χ1n) is 19.7. The van der Waals surface area contributed by atoms with E-state index in [0.29, 0.717) is 50.3 Å². The molecule has 0 radical (unpaired) electrons. The maximum atomic E-state index is 14.5. The number of halogens is 6. The molecule has 0 saturated carbocycles. The van der Waals surface area contributed by atoms with Gasteiger partial charge in [0.1, 0.15) is 6.07 Å². The van der Waals surface area contributed by atoms with Crippen LogP contribution in [-0.2, 0) is 12.4 Å². The van der Waals surface area contributed by atoms with Crippen LogP contribution in [-0.4, -0.2) is 14.1 Å².